The number of fused-ring (bicyclic) bond motifs is 1. The molecule has 1 aromatic heterocycles. The fourth-order valence-corrected chi connectivity index (χ4v) is 4.02. The molecule has 0 atom stereocenters. The largest absolute Gasteiger partial charge is 0.296 e. The maximum atomic E-state index is 12.8. The molecule has 4 rings (SSSR count). The van der Waals surface area contributed by atoms with Crippen LogP contribution in [0.15, 0.2) is 48.5 Å². The second-order valence-electron chi connectivity index (χ2n) is 7.00. The summed E-state index contributed by atoms with van der Waals surface area (Å²) in [5, 5.41) is 12.1. The SMILES string of the molecule is CCCCc1nnc(NC(=O)c2ccc3c(c2)C(=O)N(Cc2ccccc2)C3=O)s1. The quantitative estimate of drug-likeness (QED) is 0.585. The summed E-state index contributed by atoms with van der Waals surface area (Å²) >= 11 is 1.34. The highest BCUT2D eigenvalue weighted by Gasteiger charge is 2.36. The molecule has 30 heavy (non-hydrogen) atoms. The first-order chi connectivity index (χ1) is 14.6. The Labute approximate surface area is 177 Å². The molecule has 0 spiro atoms. The number of aryl methyl sites for hydroxylation is 1. The van der Waals surface area contributed by atoms with Crippen LogP contribution in [-0.4, -0.2) is 32.8 Å². The first-order valence-corrected chi connectivity index (χ1v) is 10.6. The Morgan fingerprint density at radius 1 is 1.03 bits per heavy atom. The van der Waals surface area contributed by atoms with Crippen molar-refractivity contribution in [1.29, 1.82) is 0 Å². The lowest BCUT2D eigenvalue weighted by atomic mass is 10.1. The van der Waals surface area contributed by atoms with Crippen LogP contribution in [0.4, 0.5) is 5.13 Å². The number of benzene rings is 2. The summed E-state index contributed by atoms with van der Waals surface area (Å²) in [5.74, 6) is -1.14. The van der Waals surface area contributed by atoms with Gasteiger partial charge in [-0.25, -0.2) is 0 Å². The molecule has 0 unspecified atom stereocenters. The van der Waals surface area contributed by atoms with Gasteiger partial charge in [0.25, 0.3) is 17.7 Å². The number of aromatic nitrogens is 2. The maximum Gasteiger partial charge on any atom is 0.261 e. The summed E-state index contributed by atoms with van der Waals surface area (Å²) in [5.41, 5.74) is 1.71. The lowest BCUT2D eigenvalue weighted by Gasteiger charge is -2.13. The fraction of sp³-hybridized carbons (Fsp3) is 0.227. The lowest BCUT2D eigenvalue weighted by molar-refractivity contribution is 0.0642. The van der Waals surface area contributed by atoms with Gasteiger partial charge in [0.15, 0.2) is 0 Å². The minimum absolute atomic E-state index is 0.194. The van der Waals surface area contributed by atoms with Crippen molar-refractivity contribution in [1.82, 2.24) is 15.1 Å². The molecule has 0 saturated heterocycles. The van der Waals surface area contributed by atoms with Crippen LogP contribution < -0.4 is 5.32 Å². The van der Waals surface area contributed by atoms with Crippen LogP contribution in [0.5, 0.6) is 0 Å². The third-order valence-electron chi connectivity index (χ3n) is 4.85. The van der Waals surface area contributed by atoms with Crippen molar-refractivity contribution in [3.8, 4) is 0 Å². The van der Waals surface area contributed by atoms with Gasteiger partial charge in [-0.15, -0.1) is 10.2 Å². The number of rotatable bonds is 7. The molecule has 0 fully saturated rings. The average Bonchev–Trinajstić information content (AvgIpc) is 3.31. The van der Waals surface area contributed by atoms with E-state index in [4.69, 9.17) is 0 Å². The van der Waals surface area contributed by atoms with Crippen molar-refractivity contribution in [3.63, 3.8) is 0 Å². The zero-order valence-electron chi connectivity index (χ0n) is 16.4. The molecule has 8 heteroatoms. The van der Waals surface area contributed by atoms with Crippen molar-refractivity contribution in [3.05, 3.63) is 75.8 Å². The Bertz CT molecular complexity index is 1110. The van der Waals surface area contributed by atoms with Crippen LogP contribution in [0, 0.1) is 0 Å². The maximum absolute atomic E-state index is 12.8. The number of nitrogens with zero attached hydrogens (tertiary/aromatic N) is 3. The van der Waals surface area contributed by atoms with E-state index < -0.39 is 11.8 Å². The van der Waals surface area contributed by atoms with E-state index in [1.165, 1.54) is 28.4 Å². The van der Waals surface area contributed by atoms with Crippen LogP contribution >= 0.6 is 11.3 Å². The average molecular weight is 420 g/mol. The van der Waals surface area contributed by atoms with E-state index in [0.717, 1.165) is 29.8 Å². The minimum atomic E-state index is -0.397. The van der Waals surface area contributed by atoms with Crippen molar-refractivity contribution in [2.45, 2.75) is 32.7 Å². The number of nitrogens with one attached hydrogen (secondary N) is 1. The van der Waals surface area contributed by atoms with E-state index in [2.05, 4.69) is 22.4 Å². The van der Waals surface area contributed by atoms with Gasteiger partial charge < -0.3 is 0 Å². The molecular weight excluding hydrogens is 400 g/mol. The van der Waals surface area contributed by atoms with Gasteiger partial charge in [0.05, 0.1) is 17.7 Å². The van der Waals surface area contributed by atoms with E-state index in [-0.39, 0.29) is 18.0 Å². The highest BCUT2D eigenvalue weighted by Crippen LogP contribution is 2.26. The Hall–Kier alpha value is -3.39. The first-order valence-electron chi connectivity index (χ1n) is 9.74. The van der Waals surface area contributed by atoms with E-state index >= 15 is 0 Å². The molecule has 0 radical (unpaired) electrons. The van der Waals surface area contributed by atoms with Crippen molar-refractivity contribution in [2.24, 2.45) is 0 Å². The summed E-state index contributed by atoms with van der Waals surface area (Å²) in [6, 6.07) is 13.9. The van der Waals surface area contributed by atoms with Gasteiger partial charge in [0, 0.05) is 12.0 Å². The zero-order chi connectivity index (χ0) is 21.1. The van der Waals surface area contributed by atoms with Crippen LogP contribution in [0.2, 0.25) is 0 Å². The fourth-order valence-electron chi connectivity index (χ4n) is 3.24. The number of carbonyl (C=O) groups is 3. The molecule has 1 aliphatic heterocycles. The van der Waals surface area contributed by atoms with Gasteiger partial charge in [-0.3, -0.25) is 24.6 Å². The van der Waals surface area contributed by atoms with Crippen molar-refractivity contribution in [2.75, 3.05) is 5.32 Å². The Morgan fingerprint density at radius 3 is 2.57 bits per heavy atom. The molecule has 3 aromatic rings. The highest BCUT2D eigenvalue weighted by molar-refractivity contribution is 7.15. The summed E-state index contributed by atoms with van der Waals surface area (Å²) in [6.07, 6.45) is 2.91. The molecule has 0 bridgehead atoms. The Kier molecular flexibility index (Phi) is 5.67. The van der Waals surface area contributed by atoms with Gasteiger partial charge in [0.1, 0.15) is 5.01 Å². The second kappa shape index (κ2) is 8.54. The Morgan fingerprint density at radius 2 is 1.80 bits per heavy atom. The van der Waals surface area contributed by atoms with Crippen LogP contribution in [-0.2, 0) is 13.0 Å². The van der Waals surface area contributed by atoms with Gasteiger partial charge in [-0.05, 0) is 30.2 Å². The van der Waals surface area contributed by atoms with E-state index in [0.29, 0.717) is 16.3 Å². The molecule has 0 aliphatic carbocycles. The van der Waals surface area contributed by atoms with Crippen LogP contribution in [0.3, 0.4) is 0 Å². The van der Waals surface area contributed by atoms with E-state index in [9.17, 15) is 14.4 Å². The topological polar surface area (TPSA) is 92.3 Å². The standard InChI is InChI=1S/C22H20N4O3S/c1-2-3-9-18-24-25-22(30-18)23-19(27)15-10-11-16-17(12-15)21(29)26(20(16)28)13-14-7-5-4-6-8-14/h4-8,10-12H,2-3,9,13H2,1H3,(H,23,25,27). The van der Waals surface area contributed by atoms with Crippen LogP contribution in [0.1, 0.15) is 61.4 Å². The number of amides is 3. The van der Waals surface area contributed by atoms with Crippen molar-refractivity contribution >= 4 is 34.2 Å². The number of anilines is 1. The Balaban J connectivity index is 1.49. The van der Waals surface area contributed by atoms with Gasteiger partial charge in [-0.1, -0.05) is 55.0 Å². The number of carbonyl (C=O) groups excluding carboxylic acids is 3. The predicted molar refractivity (Wildman–Crippen MR) is 114 cm³/mol. The number of hydrogen-bond donors (Lipinski definition) is 1. The molecule has 1 N–H and O–H groups in total. The van der Waals surface area contributed by atoms with E-state index in [1.807, 2.05) is 30.3 Å². The van der Waals surface area contributed by atoms with Crippen LogP contribution in [0.25, 0.3) is 0 Å². The molecule has 152 valence electrons. The monoisotopic (exact) mass is 420 g/mol. The van der Waals surface area contributed by atoms with Gasteiger partial charge in [0.2, 0.25) is 5.13 Å². The predicted octanol–water partition coefficient (Wildman–Crippen LogP) is 3.93. The molecule has 0 saturated carbocycles. The second-order valence-corrected chi connectivity index (χ2v) is 8.06. The molecule has 1 aliphatic rings. The summed E-state index contributed by atoms with van der Waals surface area (Å²) in [6.45, 7) is 2.30. The highest BCUT2D eigenvalue weighted by atomic mass is 32.1. The third kappa shape index (κ3) is 3.99. The molecule has 2 aromatic carbocycles. The molecule has 2 heterocycles. The number of hydrogen-bond acceptors (Lipinski definition) is 6. The normalized spacial score (nSPS) is 12.9. The number of imide groups is 1. The third-order valence-corrected chi connectivity index (χ3v) is 5.75. The summed E-state index contributed by atoms with van der Waals surface area (Å²) in [4.78, 5) is 39.3. The van der Waals surface area contributed by atoms with Crippen molar-refractivity contribution < 1.29 is 14.4 Å². The lowest BCUT2D eigenvalue weighted by Crippen LogP contribution is -2.29. The van der Waals surface area contributed by atoms with Gasteiger partial charge >= 0.3 is 0 Å². The molecule has 7 nitrogen and oxygen atoms in total. The summed E-state index contributed by atoms with van der Waals surface area (Å²) in [7, 11) is 0. The molecular formula is C22H20N4O3S. The van der Waals surface area contributed by atoms with Gasteiger partial charge in [-0.2, -0.15) is 0 Å². The summed E-state index contributed by atoms with van der Waals surface area (Å²) < 4.78 is 0. The number of unbranched alkanes of at least 4 members (excludes halogenated alkanes) is 1. The molecule has 3 amide bonds. The van der Waals surface area contributed by atoms with E-state index in [1.54, 1.807) is 6.07 Å². The smallest absolute Gasteiger partial charge is 0.261 e. The zero-order valence-corrected chi connectivity index (χ0v) is 17.2. The first kappa shape index (κ1) is 19.9. The minimum Gasteiger partial charge on any atom is -0.296 e.